The topological polar surface area (TPSA) is 86.5 Å². The summed E-state index contributed by atoms with van der Waals surface area (Å²) in [5.41, 5.74) is 0.0727. The van der Waals surface area contributed by atoms with Crippen molar-refractivity contribution in [2.24, 2.45) is 0 Å². The first-order valence-corrected chi connectivity index (χ1v) is 9.55. The Morgan fingerprint density at radius 2 is 2.03 bits per heavy atom. The second-order valence-corrected chi connectivity index (χ2v) is 7.52. The van der Waals surface area contributed by atoms with Crippen LogP contribution < -0.4 is 14.8 Å². The molecule has 1 aliphatic rings. The Morgan fingerprint density at radius 3 is 2.77 bits per heavy atom. The van der Waals surface area contributed by atoms with E-state index in [2.05, 4.69) is 15.5 Å². The normalized spacial score (nSPS) is 17.5. The molecule has 2 aromatic carbocycles. The fourth-order valence-electron chi connectivity index (χ4n) is 3.01. The van der Waals surface area contributed by atoms with Gasteiger partial charge in [-0.25, -0.2) is 8.78 Å². The molecule has 1 heterocycles. The monoisotopic (exact) mass is 447 g/mol. The number of amides is 1. The minimum absolute atomic E-state index is 0.0266. The second kappa shape index (κ2) is 8.35. The molecule has 0 fully saturated rings. The third-order valence-electron chi connectivity index (χ3n) is 4.51. The second-order valence-electron chi connectivity index (χ2n) is 7.11. The lowest BCUT2D eigenvalue weighted by molar-refractivity contribution is -0.122. The number of carbonyl (C=O) groups is 1. The van der Waals surface area contributed by atoms with Gasteiger partial charge < -0.3 is 19.2 Å². The number of benzene rings is 2. The maximum atomic E-state index is 13.4. The van der Waals surface area contributed by atoms with Crippen molar-refractivity contribution in [3.05, 3.63) is 76.8 Å². The van der Waals surface area contributed by atoms with Crippen LogP contribution in [0.15, 0.2) is 58.7 Å². The Hall–Kier alpha value is -3.46. The molecule has 1 aliphatic carbocycles. The lowest BCUT2D eigenvalue weighted by atomic mass is 9.75. The van der Waals surface area contributed by atoms with Gasteiger partial charge in [0.2, 0.25) is 5.89 Å². The van der Waals surface area contributed by atoms with E-state index in [0.717, 1.165) is 6.07 Å². The van der Waals surface area contributed by atoms with Crippen LogP contribution in [0.1, 0.15) is 19.2 Å². The van der Waals surface area contributed by atoms with Gasteiger partial charge in [0.1, 0.15) is 23.1 Å². The molecule has 0 saturated carbocycles. The lowest BCUT2D eigenvalue weighted by Gasteiger charge is -2.33. The number of nitrogens with one attached hydrogen (secondary N) is 1. The van der Waals surface area contributed by atoms with Crippen LogP contribution in [0.5, 0.6) is 17.6 Å². The van der Waals surface area contributed by atoms with Crippen molar-refractivity contribution in [1.29, 1.82) is 0 Å². The number of aromatic nitrogens is 2. The van der Waals surface area contributed by atoms with Crippen molar-refractivity contribution in [2.45, 2.75) is 18.8 Å². The van der Waals surface area contributed by atoms with Gasteiger partial charge in [-0.3, -0.25) is 4.79 Å². The van der Waals surface area contributed by atoms with Gasteiger partial charge >= 0.3 is 6.08 Å². The molecule has 1 aromatic heterocycles. The van der Waals surface area contributed by atoms with E-state index in [0.29, 0.717) is 18.0 Å². The molecule has 0 saturated heterocycles. The van der Waals surface area contributed by atoms with Crippen LogP contribution in [0.4, 0.5) is 8.78 Å². The molecule has 4 rings (SSSR count). The van der Waals surface area contributed by atoms with E-state index in [1.807, 2.05) is 6.92 Å². The predicted molar refractivity (Wildman–Crippen MR) is 106 cm³/mol. The summed E-state index contributed by atoms with van der Waals surface area (Å²) >= 11 is 5.61. The van der Waals surface area contributed by atoms with Crippen LogP contribution >= 0.6 is 11.6 Å². The van der Waals surface area contributed by atoms with E-state index < -0.39 is 23.0 Å². The van der Waals surface area contributed by atoms with E-state index in [1.54, 1.807) is 12.1 Å². The number of nitrogens with zero attached hydrogens (tertiary/aromatic N) is 2. The SMILES string of the molecule is CC1(c2nnc(Oc3cccc(F)c3)o2)C=C(NC(=O)COc2ccc(Cl)c(F)c2)C1. The number of ether oxygens (including phenoxy) is 2. The zero-order valence-electron chi connectivity index (χ0n) is 16.2. The number of hydrogen-bond acceptors (Lipinski definition) is 6. The standard InChI is InChI=1S/C21H16ClF2N3O4/c1-21(19-26-27-20(31-19)30-15-4-2-3-12(23)7-15)9-13(10-21)25-18(28)11-29-14-5-6-16(22)17(24)8-14/h2-9H,10-11H2,1H3,(H,25,28). The highest BCUT2D eigenvalue weighted by atomic mass is 35.5. The van der Waals surface area contributed by atoms with Crippen LogP contribution in [0.3, 0.4) is 0 Å². The molecule has 1 amide bonds. The van der Waals surface area contributed by atoms with Gasteiger partial charge in [0.25, 0.3) is 5.91 Å². The van der Waals surface area contributed by atoms with E-state index in [1.165, 1.54) is 30.3 Å². The number of allylic oxidation sites excluding steroid dienone is 2. The van der Waals surface area contributed by atoms with E-state index in [-0.39, 0.29) is 29.2 Å². The molecule has 1 atom stereocenters. The van der Waals surface area contributed by atoms with Crippen LogP contribution in [-0.2, 0) is 10.2 Å². The van der Waals surface area contributed by atoms with Crippen LogP contribution in [0.25, 0.3) is 0 Å². The fraction of sp³-hybridized carbons (Fsp3) is 0.190. The van der Waals surface area contributed by atoms with Gasteiger partial charge in [-0.15, -0.1) is 5.10 Å². The van der Waals surface area contributed by atoms with Crippen molar-refractivity contribution >= 4 is 17.5 Å². The Bertz CT molecular complexity index is 1170. The summed E-state index contributed by atoms with van der Waals surface area (Å²) in [6.07, 6.45) is 2.10. The molecule has 160 valence electrons. The van der Waals surface area contributed by atoms with E-state index >= 15 is 0 Å². The summed E-state index contributed by atoms with van der Waals surface area (Å²) in [6, 6.07) is 9.47. The third kappa shape index (κ3) is 4.83. The quantitative estimate of drug-likeness (QED) is 0.572. The molecule has 0 spiro atoms. The molecule has 10 heteroatoms. The highest BCUT2D eigenvalue weighted by molar-refractivity contribution is 6.30. The Morgan fingerprint density at radius 1 is 1.23 bits per heavy atom. The summed E-state index contributed by atoms with van der Waals surface area (Å²) in [4.78, 5) is 12.1. The molecule has 0 radical (unpaired) electrons. The summed E-state index contributed by atoms with van der Waals surface area (Å²) in [6.45, 7) is 1.57. The fourth-order valence-corrected chi connectivity index (χ4v) is 3.13. The Labute approximate surface area is 180 Å². The number of carbonyl (C=O) groups excluding carboxylic acids is 1. The Balaban J connectivity index is 1.31. The van der Waals surface area contributed by atoms with Gasteiger partial charge in [-0.2, -0.15) is 0 Å². The van der Waals surface area contributed by atoms with Gasteiger partial charge in [-0.05, 0) is 37.3 Å². The number of rotatable bonds is 7. The molecular weight excluding hydrogens is 432 g/mol. The zero-order valence-corrected chi connectivity index (χ0v) is 17.0. The van der Waals surface area contributed by atoms with Crippen LogP contribution in [-0.4, -0.2) is 22.7 Å². The van der Waals surface area contributed by atoms with Crippen molar-refractivity contribution in [3.63, 3.8) is 0 Å². The minimum Gasteiger partial charge on any atom is -0.484 e. The smallest absolute Gasteiger partial charge is 0.420 e. The molecule has 1 N–H and O–H groups in total. The molecule has 7 nitrogen and oxygen atoms in total. The first-order chi connectivity index (χ1) is 14.8. The van der Waals surface area contributed by atoms with E-state index in [9.17, 15) is 13.6 Å². The largest absolute Gasteiger partial charge is 0.484 e. The summed E-state index contributed by atoms with van der Waals surface area (Å²) in [7, 11) is 0. The summed E-state index contributed by atoms with van der Waals surface area (Å²) in [5, 5.41) is 10.5. The maximum Gasteiger partial charge on any atom is 0.420 e. The third-order valence-corrected chi connectivity index (χ3v) is 4.81. The molecule has 0 bridgehead atoms. The van der Waals surface area contributed by atoms with E-state index in [4.69, 9.17) is 25.5 Å². The average molecular weight is 448 g/mol. The molecule has 1 unspecified atom stereocenters. The minimum atomic E-state index is -0.627. The number of hydrogen-bond donors (Lipinski definition) is 1. The first-order valence-electron chi connectivity index (χ1n) is 9.17. The highest BCUT2D eigenvalue weighted by Gasteiger charge is 2.40. The predicted octanol–water partition coefficient (Wildman–Crippen LogP) is 4.53. The zero-order chi connectivity index (χ0) is 22.0. The van der Waals surface area contributed by atoms with Crippen LogP contribution in [0.2, 0.25) is 5.02 Å². The Kier molecular flexibility index (Phi) is 5.60. The van der Waals surface area contributed by atoms with Gasteiger partial charge in [0.05, 0.1) is 10.4 Å². The van der Waals surface area contributed by atoms with Gasteiger partial charge in [-0.1, -0.05) is 22.8 Å². The highest BCUT2D eigenvalue weighted by Crippen LogP contribution is 2.40. The van der Waals surface area contributed by atoms with Gasteiger partial charge in [0.15, 0.2) is 6.61 Å². The lowest BCUT2D eigenvalue weighted by Crippen LogP contribution is -2.39. The molecular formula is C21H16ClF2N3O4. The number of halogens is 3. The van der Waals surface area contributed by atoms with Gasteiger partial charge in [0, 0.05) is 24.3 Å². The average Bonchev–Trinajstić information content (AvgIpc) is 3.16. The molecule has 3 aromatic rings. The summed E-state index contributed by atoms with van der Waals surface area (Å²) in [5.74, 6) is -0.748. The van der Waals surface area contributed by atoms with Crippen molar-refractivity contribution in [2.75, 3.05) is 6.61 Å². The molecule has 31 heavy (non-hydrogen) atoms. The van der Waals surface area contributed by atoms with Crippen molar-refractivity contribution in [3.8, 4) is 17.6 Å². The first kappa shape index (κ1) is 20.8. The van der Waals surface area contributed by atoms with Crippen LogP contribution in [0, 0.1) is 11.6 Å². The maximum absolute atomic E-state index is 13.4. The summed E-state index contributed by atoms with van der Waals surface area (Å²) < 4.78 is 42.8. The van der Waals surface area contributed by atoms with Crippen molar-refractivity contribution < 1.29 is 27.5 Å². The van der Waals surface area contributed by atoms with Crippen molar-refractivity contribution in [1.82, 2.24) is 15.5 Å². The molecule has 0 aliphatic heterocycles.